The molecular weight excluding hydrogens is 268 g/mol. The number of benzene rings is 1. The number of anilines is 2. The number of hydrogen-bond acceptors (Lipinski definition) is 5. The Hall–Kier alpha value is -1.82. The topological polar surface area (TPSA) is 61.6 Å². The minimum Gasteiger partial charge on any atom is -0.388 e. The molecule has 1 aromatic rings. The molecule has 1 N–H and O–H groups in total. The summed E-state index contributed by atoms with van der Waals surface area (Å²) in [6.45, 7) is 4.30. The van der Waals surface area contributed by atoms with Crippen LogP contribution >= 0.6 is 0 Å². The third-order valence-corrected chi connectivity index (χ3v) is 4.57. The van der Waals surface area contributed by atoms with E-state index in [2.05, 4.69) is 15.1 Å². The summed E-state index contributed by atoms with van der Waals surface area (Å²) in [5, 5.41) is 14.1. The van der Waals surface area contributed by atoms with Gasteiger partial charge in [-0.3, -0.25) is 15.0 Å². The van der Waals surface area contributed by atoms with E-state index < -0.39 is 0 Å². The van der Waals surface area contributed by atoms with Gasteiger partial charge in [0, 0.05) is 56.2 Å². The van der Waals surface area contributed by atoms with Gasteiger partial charge in [0.2, 0.25) is 0 Å². The van der Waals surface area contributed by atoms with Gasteiger partial charge in [0.1, 0.15) is 0 Å². The van der Waals surface area contributed by atoms with E-state index in [1.165, 1.54) is 19.4 Å². The Bertz CT molecular complexity index is 534. The number of nitro groups is 1. The molecule has 2 saturated heterocycles. The molecule has 0 aromatic heterocycles. The molecule has 1 unspecified atom stereocenters. The predicted molar refractivity (Wildman–Crippen MR) is 84.1 cm³/mol. The zero-order chi connectivity index (χ0) is 14.8. The van der Waals surface area contributed by atoms with Crippen molar-refractivity contribution in [3.05, 3.63) is 28.3 Å². The number of nitrogens with zero attached hydrogens (tertiary/aromatic N) is 3. The fourth-order valence-corrected chi connectivity index (χ4v) is 3.47. The SMILES string of the molecule is CNc1cc(N2CCCN3CCCC3C2)cc([N+](=O)[O-])c1. The second-order valence-corrected chi connectivity index (χ2v) is 5.88. The smallest absolute Gasteiger partial charge is 0.273 e. The number of hydrogen-bond donors (Lipinski definition) is 1. The second-order valence-electron chi connectivity index (χ2n) is 5.88. The summed E-state index contributed by atoms with van der Waals surface area (Å²) >= 11 is 0. The van der Waals surface area contributed by atoms with Crippen LogP contribution in [0, 0.1) is 10.1 Å². The Balaban J connectivity index is 1.87. The van der Waals surface area contributed by atoms with Gasteiger partial charge in [0.05, 0.1) is 4.92 Å². The fourth-order valence-electron chi connectivity index (χ4n) is 3.47. The van der Waals surface area contributed by atoms with Crippen LogP contribution in [-0.2, 0) is 0 Å². The molecule has 0 aliphatic carbocycles. The lowest BCUT2D eigenvalue weighted by Crippen LogP contribution is -2.36. The third-order valence-electron chi connectivity index (χ3n) is 4.57. The lowest BCUT2D eigenvalue weighted by atomic mass is 10.1. The molecule has 0 spiro atoms. The molecule has 2 fully saturated rings. The first-order valence-electron chi connectivity index (χ1n) is 7.63. The van der Waals surface area contributed by atoms with Gasteiger partial charge < -0.3 is 10.2 Å². The van der Waals surface area contributed by atoms with Crippen LogP contribution in [-0.4, -0.2) is 49.1 Å². The van der Waals surface area contributed by atoms with Crippen molar-refractivity contribution < 1.29 is 4.92 Å². The minimum absolute atomic E-state index is 0.157. The lowest BCUT2D eigenvalue weighted by molar-refractivity contribution is -0.384. The molecule has 0 radical (unpaired) electrons. The second kappa shape index (κ2) is 5.89. The molecule has 2 aliphatic heterocycles. The van der Waals surface area contributed by atoms with Crippen LogP contribution in [0.3, 0.4) is 0 Å². The molecule has 2 aliphatic rings. The molecule has 0 bridgehead atoms. The monoisotopic (exact) mass is 290 g/mol. The molecule has 114 valence electrons. The van der Waals surface area contributed by atoms with Gasteiger partial charge in [-0.25, -0.2) is 0 Å². The molecule has 1 atom stereocenters. The van der Waals surface area contributed by atoms with Crippen LogP contribution < -0.4 is 10.2 Å². The molecule has 0 amide bonds. The molecule has 2 heterocycles. The highest BCUT2D eigenvalue weighted by molar-refractivity contribution is 5.64. The van der Waals surface area contributed by atoms with Gasteiger partial charge in [0.25, 0.3) is 5.69 Å². The highest BCUT2D eigenvalue weighted by Crippen LogP contribution is 2.30. The molecule has 3 rings (SSSR count). The first kappa shape index (κ1) is 14.1. The fraction of sp³-hybridized carbons (Fsp3) is 0.600. The van der Waals surface area contributed by atoms with E-state index in [4.69, 9.17) is 0 Å². The Morgan fingerprint density at radius 2 is 2.05 bits per heavy atom. The van der Waals surface area contributed by atoms with Crippen LogP contribution in [0.2, 0.25) is 0 Å². The predicted octanol–water partition coefficient (Wildman–Crippen LogP) is 2.31. The molecule has 6 nitrogen and oxygen atoms in total. The molecule has 0 saturated carbocycles. The number of rotatable bonds is 3. The number of non-ortho nitro benzene ring substituents is 1. The van der Waals surface area contributed by atoms with Crippen molar-refractivity contribution >= 4 is 17.1 Å². The van der Waals surface area contributed by atoms with Crippen molar-refractivity contribution in [3.8, 4) is 0 Å². The molecular formula is C15H22N4O2. The van der Waals surface area contributed by atoms with Crippen molar-refractivity contribution in [1.82, 2.24) is 4.90 Å². The van der Waals surface area contributed by atoms with E-state index in [0.717, 1.165) is 37.4 Å². The van der Waals surface area contributed by atoms with Crippen molar-refractivity contribution in [2.24, 2.45) is 0 Å². The Kier molecular flexibility index (Phi) is 3.96. The summed E-state index contributed by atoms with van der Waals surface area (Å²) in [6, 6.07) is 5.90. The van der Waals surface area contributed by atoms with Gasteiger partial charge in [-0.1, -0.05) is 0 Å². The van der Waals surface area contributed by atoms with E-state index >= 15 is 0 Å². The summed E-state index contributed by atoms with van der Waals surface area (Å²) in [6.07, 6.45) is 3.63. The Morgan fingerprint density at radius 3 is 2.81 bits per heavy atom. The van der Waals surface area contributed by atoms with Crippen LogP contribution in [0.15, 0.2) is 18.2 Å². The summed E-state index contributed by atoms with van der Waals surface area (Å²) < 4.78 is 0. The Labute approximate surface area is 124 Å². The average Bonchev–Trinajstić information content (AvgIpc) is 2.83. The summed E-state index contributed by atoms with van der Waals surface area (Å²) in [5.74, 6) is 0. The Morgan fingerprint density at radius 1 is 1.24 bits per heavy atom. The van der Waals surface area contributed by atoms with E-state index in [0.29, 0.717) is 6.04 Å². The largest absolute Gasteiger partial charge is 0.388 e. The summed E-state index contributed by atoms with van der Waals surface area (Å²) in [5.41, 5.74) is 1.92. The zero-order valence-electron chi connectivity index (χ0n) is 12.4. The van der Waals surface area contributed by atoms with Crippen molar-refractivity contribution in [2.75, 3.05) is 43.4 Å². The van der Waals surface area contributed by atoms with E-state index in [1.54, 1.807) is 19.2 Å². The highest BCUT2D eigenvalue weighted by atomic mass is 16.6. The number of nitro benzene ring substituents is 1. The molecule has 1 aromatic carbocycles. The van der Waals surface area contributed by atoms with E-state index in [9.17, 15) is 10.1 Å². The maximum atomic E-state index is 11.1. The van der Waals surface area contributed by atoms with Gasteiger partial charge >= 0.3 is 0 Å². The van der Waals surface area contributed by atoms with Crippen LogP contribution in [0.1, 0.15) is 19.3 Å². The van der Waals surface area contributed by atoms with Crippen molar-refractivity contribution in [2.45, 2.75) is 25.3 Å². The number of fused-ring (bicyclic) bond motifs is 1. The summed E-state index contributed by atoms with van der Waals surface area (Å²) in [4.78, 5) is 15.7. The standard InChI is InChI=1S/C15H22N4O2/c1-16-12-8-14(10-15(9-12)19(20)21)18-7-3-6-17-5-2-4-13(17)11-18/h8-10,13,16H,2-7,11H2,1H3. The average molecular weight is 290 g/mol. The molecule has 21 heavy (non-hydrogen) atoms. The van der Waals surface area contributed by atoms with Gasteiger partial charge in [-0.15, -0.1) is 0 Å². The first-order chi connectivity index (χ1) is 10.2. The normalized spacial score (nSPS) is 22.7. The van der Waals surface area contributed by atoms with Gasteiger partial charge in [-0.2, -0.15) is 0 Å². The highest BCUT2D eigenvalue weighted by Gasteiger charge is 2.29. The summed E-state index contributed by atoms with van der Waals surface area (Å²) in [7, 11) is 1.80. The van der Waals surface area contributed by atoms with E-state index in [1.807, 2.05) is 6.07 Å². The van der Waals surface area contributed by atoms with Crippen LogP contribution in [0.5, 0.6) is 0 Å². The van der Waals surface area contributed by atoms with Crippen LogP contribution in [0.4, 0.5) is 17.1 Å². The lowest BCUT2D eigenvalue weighted by Gasteiger charge is -2.27. The quantitative estimate of drug-likeness (QED) is 0.683. The van der Waals surface area contributed by atoms with Crippen molar-refractivity contribution in [1.29, 1.82) is 0 Å². The maximum absolute atomic E-state index is 11.1. The van der Waals surface area contributed by atoms with Crippen LogP contribution in [0.25, 0.3) is 0 Å². The minimum atomic E-state index is -0.315. The third kappa shape index (κ3) is 2.95. The van der Waals surface area contributed by atoms with E-state index in [-0.39, 0.29) is 10.6 Å². The van der Waals surface area contributed by atoms with Gasteiger partial charge in [-0.05, 0) is 31.9 Å². The number of nitrogens with one attached hydrogen (secondary N) is 1. The van der Waals surface area contributed by atoms with Crippen molar-refractivity contribution in [3.63, 3.8) is 0 Å². The van der Waals surface area contributed by atoms with Gasteiger partial charge in [0.15, 0.2) is 0 Å². The maximum Gasteiger partial charge on any atom is 0.273 e. The first-order valence-corrected chi connectivity index (χ1v) is 7.63. The zero-order valence-corrected chi connectivity index (χ0v) is 12.4. The molecule has 6 heteroatoms.